The lowest BCUT2D eigenvalue weighted by atomic mass is 10.2. The summed E-state index contributed by atoms with van der Waals surface area (Å²) in [4.78, 5) is 33.5. The lowest BCUT2D eigenvalue weighted by molar-refractivity contribution is -0.118. The molecule has 0 saturated carbocycles. The Hall–Kier alpha value is -3.13. The number of pyridine rings is 1. The first-order valence-corrected chi connectivity index (χ1v) is 11.4. The first-order chi connectivity index (χ1) is 15.0. The number of benzene rings is 1. The third-order valence-electron chi connectivity index (χ3n) is 5.23. The zero-order chi connectivity index (χ0) is 21.8. The largest absolute Gasteiger partial charge is 0.370 e. The number of carbonyl (C=O) groups excluding carboxylic acids is 1. The van der Waals surface area contributed by atoms with E-state index in [0.717, 1.165) is 36.3 Å². The van der Waals surface area contributed by atoms with Crippen LogP contribution in [0.4, 0.5) is 0 Å². The molecule has 0 aliphatic heterocycles. The minimum absolute atomic E-state index is 0.0335. The molecule has 1 aromatic carbocycles. The van der Waals surface area contributed by atoms with Gasteiger partial charge >= 0.3 is 0 Å². The lowest BCUT2D eigenvalue weighted by Gasteiger charge is -2.12. The second-order valence-corrected chi connectivity index (χ2v) is 8.50. The van der Waals surface area contributed by atoms with Crippen LogP contribution in [0.2, 0.25) is 0 Å². The smallest absolute Gasteiger partial charge is 0.262 e. The molecule has 31 heavy (non-hydrogen) atoms. The Labute approximate surface area is 184 Å². The molecule has 4 aromatic rings. The number of hydrogen-bond donors (Lipinski definition) is 1. The molecule has 3 aromatic heterocycles. The van der Waals surface area contributed by atoms with Crippen LogP contribution in [-0.4, -0.2) is 24.8 Å². The summed E-state index contributed by atoms with van der Waals surface area (Å²) in [6.07, 6.45) is 4.76. The molecule has 0 aliphatic rings. The van der Waals surface area contributed by atoms with E-state index in [-0.39, 0.29) is 11.5 Å². The lowest BCUT2D eigenvalue weighted by Crippen LogP contribution is -2.23. The van der Waals surface area contributed by atoms with Crippen molar-refractivity contribution in [1.29, 1.82) is 0 Å². The second kappa shape index (κ2) is 9.34. The van der Waals surface area contributed by atoms with E-state index in [9.17, 15) is 9.59 Å². The number of carbonyl (C=O) groups is 1. The van der Waals surface area contributed by atoms with Crippen molar-refractivity contribution in [3.05, 3.63) is 70.4 Å². The van der Waals surface area contributed by atoms with Crippen LogP contribution in [0.5, 0.6) is 0 Å². The average Bonchev–Trinajstić information content (AvgIpc) is 3.18. The van der Waals surface area contributed by atoms with Gasteiger partial charge in [-0.2, -0.15) is 0 Å². The summed E-state index contributed by atoms with van der Waals surface area (Å²) < 4.78 is 3.81. The van der Waals surface area contributed by atoms with E-state index in [2.05, 4.69) is 9.38 Å². The molecule has 0 fully saturated rings. The van der Waals surface area contributed by atoms with Gasteiger partial charge in [0.1, 0.15) is 5.65 Å². The van der Waals surface area contributed by atoms with E-state index >= 15 is 0 Å². The van der Waals surface area contributed by atoms with Crippen molar-refractivity contribution in [2.24, 2.45) is 5.73 Å². The highest BCUT2D eigenvalue weighted by Gasteiger charge is 2.13. The maximum atomic E-state index is 13.1. The van der Waals surface area contributed by atoms with Gasteiger partial charge in [-0.15, -0.1) is 0 Å². The van der Waals surface area contributed by atoms with Crippen molar-refractivity contribution in [2.45, 2.75) is 50.1 Å². The summed E-state index contributed by atoms with van der Waals surface area (Å²) in [5.74, 6) is 0.330. The molecule has 1 amide bonds. The number of amides is 1. The zero-order valence-electron chi connectivity index (χ0n) is 17.5. The van der Waals surface area contributed by atoms with Crippen molar-refractivity contribution < 1.29 is 4.79 Å². The van der Waals surface area contributed by atoms with Crippen LogP contribution < -0.4 is 11.3 Å². The van der Waals surface area contributed by atoms with E-state index in [1.165, 1.54) is 11.8 Å². The van der Waals surface area contributed by atoms with Gasteiger partial charge in [-0.25, -0.2) is 9.97 Å². The van der Waals surface area contributed by atoms with Gasteiger partial charge < -0.3 is 10.1 Å². The van der Waals surface area contributed by atoms with E-state index < -0.39 is 0 Å². The highest BCUT2D eigenvalue weighted by molar-refractivity contribution is 7.98. The van der Waals surface area contributed by atoms with Crippen LogP contribution in [0.15, 0.2) is 58.6 Å². The molecule has 0 bridgehead atoms. The third kappa shape index (κ3) is 4.80. The fourth-order valence-corrected chi connectivity index (χ4v) is 4.52. The van der Waals surface area contributed by atoms with Crippen LogP contribution in [0, 0.1) is 6.92 Å². The summed E-state index contributed by atoms with van der Waals surface area (Å²) >= 11 is 1.52. The number of imidazole rings is 1. The number of para-hydroxylation sites is 1. The summed E-state index contributed by atoms with van der Waals surface area (Å²) in [5, 5.41) is 1.31. The van der Waals surface area contributed by atoms with Gasteiger partial charge in [0.15, 0.2) is 5.16 Å². The van der Waals surface area contributed by atoms with Gasteiger partial charge in [0.05, 0.1) is 16.6 Å². The molecule has 0 radical (unpaired) electrons. The second-order valence-electron chi connectivity index (χ2n) is 7.56. The highest BCUT2D eigenvalue weighted by atomic mass is 32.2. The van der Waals surface area contributed by atoms with Gasteiger partial charge in [-0.1, -0.05) is 36.4 Å². The topological polar surface area (TPSA) is 95.3 Å². The summed E-state index contributed by atoms with van der Waals surface area (Å²) in [6, 6.07) is 13.5. The van der Waals surface area contributed by atoms with E-state index in [4.69, 9.17) is 10.7 Å². The molecule has 0 aliphatic carbocycles. The number of nitrogens with two attached hydrogens (primary N) is 1. The maximum Gasteiger partial charge on any atom is 0.262 e. The number of aryl methyl sites for hydroxylation is 1. The molecule has 0 spiro atoms. The third-order valence-corrected chi connectivity index (χ3v) is 6.24. The molecule has 4 rings (SSSR count). The number of primary amides is 1. The average molecular weight is 436 g/mol. The molecule has 8 heteroatoms. The monoisotopic (exact) mass is 435 g/mol. The quantitative estimate of drug-likeness (QED) is 0.246. The van der Waals surface area contributed by atoms with Gasteiger partial charge in [0, 0.05) is 30.6 Å². The fourth-order valence-electron chi connectivity index (χ4n) is 3.61. The minimum atomic E-state index is -0.288. The number of unbranched alkanes of at least 4 members (excludes halogenated alkanes) is 2. The van der Waals surface area contributed by atoms with Crippen LogP contribution in [0.3, 0.4) is 0 Å². The number of aromatic nitrogens is 4. The summed E-state index contributed by atoms with van der Waals surface area (Å²) in [5.41, 5.74) is 8.85. The molecule has 2 N–H and O–H groups in total. The first kappa shape index (κ1) is 21.1. The highest BCUT2D eigenvalue weighted by Crippen LogP contribution is 2.23. The van der Waals surface area contributed by atoms with Crippen molar-refractivity contribution in [2.75, 3.05) is 0 Å². The van der Waals surface area contributed by atoms with Gasteiger partial charge in [0.2, 0.25) is 5.91 Å². The van der Waals surface area contributed by atoms with Crippen molar-refractivity contribution in [3.8, 4) is 0 Å². The summed E-state index contributed by atoms with van der Waals surface area (Å²) in [6.45, 7) is 2.61. The SMILES string of the molecule is Cc1cccc2nc(CSc3nc4ccccc4c(=O)n3CCCCCC(N)=O)cn12. The predicted molar refractivity (Wildman–Crippen MR) is 123 cm³/mol. The number of thioether (sulfide) groups is 1. The molecule has 3 heterocycles. The Morgan fingerprint density at radius 3 is 2.71 bits per heavy atom. The fraction of sp³-hybridized carbons (Fsp3) is 0.304. The molecule has 7 nitrogen and oxygen atoms in total. The molecular formula is C23H25N5O2S. The molecular weight excluding hydrogens is 410 g/mol. The maximum absolute atomic E-state index is 13.1. The van der Waals surface area contributed by atoms with Crippen molar-refractivity contribution in [1.82, 2.24) is 18.9 Å². The van der Waals surface area contributed by atoms with Crippen LogP contribution in [0.25, 0.3) is 16.6 Å². The Bertz CT molecular complexity index is 1290. The minimum Gasteiger partial charge on any atom is -0.370 e. The van der Waals surface area contributed by atoms with Crippen LogP contribution >= 0.6 is 11.8 Å². The molecule has 160 valence electrons. The Morgan fingerprint density at radius 2 is 1.90 bits per heavy atom. The Balaban J connectivity index is 1.57. The number of fused-ring (bicyclic) bond motifs is 2. The summed E-state index contributed by atoms with van der Waals surface area (Å²) in [7, 11) is 0. The standard InChI is InChI=1S/C23H25N5O2S/c1-16-8-7-12-21-25-17(14-28(16)21)15-31-23-26-19-10-5-4-9-18(19)22(30)27(23)13-6-2-3-11-20(24)29/h4-5,7-10,12,14H,2-3,6,11,13,15H2,1H3,(H2,24,29). The normalized spacial score (nSPS) is 11.4. The Kier molecular flexibility index (Phi) is 6.36. The predicted octanol–water partition coefficient (Wildman–Crippen LogP) is 3.69. The van der Waals surface area contributed by atoms with Gasteiger partial charge in [-0.3, -0.25) is 14.2 Å². The zero-order valence-corrected chi connectivity index (χ0v) is 18.3. The van der Waals surface area contributed by atoms with E-state index in [0.29, 0.717) is 34.8 Å². The van der Waals surface area contributed by atoms with Crippen molar-refractivity contribution >= 4 is 34.2 Å². The molecule has 0 unspecified atom stereocenters. The van der Waals surface area contributed by atoms with E-state index in [1.807, 2.05) is 55.6 Å². The first-order valence-electron chi connectivity index (χ1n) is 10.4. The number of hydrogen-bond acceptors (Lipinski definition) is 5. The molecule has 0 saturated heterocycles. The van der Waals surface area contributed by atoms with Crippen LogP contribution in [-0.2, 0) is 17.1 Å². The van der Waals surface area contributed by atoms with Gasteiger partial charge in [0.25, 0.3) is 5.56 Å². The van der Waals surface area contributed by atoms with E-state index in [1.54, 1.807) is 4.57 Å². The van der Waals surface area contributed by atoms with Gasteiger partial charge in [-0.05, 0) is 44.0 Å². The number of nitrogens with zero attached hydrogens (tertiary/aromatic N) is 4. The van der Waals surface area contributed by atoms with Crippen LogP contribution in [0.1, 0.15) is 37.1 Å². The molecule has 0 atom stereocenters. The Morgan fingerprint density at radius 1 is 1.06 bits per heavy atom. The van der Waals surface area contributed by atoms with Crippen molar-refractivity contribution in [3.63, 3.8) is 0 Å². The number of rotatable bonds is 9.